The molecule has 0 fully saturated rings. The molecule has 82 valence electrons. The van der Waals surface area contributed by atoms with Crippen molar-refractivity contribution in [3.8, 4) is 5.75 Å². The standard InChI is InChI=1S/C10H7NO5/c1-15-10-8(11(13)14)7(5-12)4-6-2-3-16-9(6)10/h2-5H,1H3. The van der Waals surface area contributed by atoms with Gasteiger partial charge in [0, 0.05) is 5.39 Å². The number of hydrogen-bond donors (Lipinski definition) is 0. The number of aldehydes is 1. The Morgan fingerprint density at radius 1 is 1.56 bits per heavy atom. The summed E-state index contributed by atoms with van der Waals surface area (Å²) in [5, 5.41) is 11.4. The Balaban J connectivity index is 2.91. The highest BCUT2D eigenvalue weighted by atomic mass is 16.6. The molecule has 0 unspecified atom stereocenters. The number of hydrogen-bond acceptors (Lipinski definition) is 5. The van der Waals surface area contributed by atoms with Crippen molar-refractivity contribution in [2.24, 2.45) is 0 Å². The summed E-state index contributed by atoms with van der Waals surface area (Å²) in [4.78, 5) is 21.0. The van der Waals surface area contributed by atoms with Gasteiger partial charge < -0.3 is 9.15 Å². The van der Waals surface area contributed by atoms with E-state index in [2.05, 4.69) is 0 Å². The number of methoxy groups -OCH3 is 1. The van der Waals surface area contributed by atoms with Crippen molar-refractivity contribution in [3.63, 3.8) is 0 Å². The van der Waals surface area contributed by atoms with Crippen LogP contribution in [-0.2, 0) is 0 Å². The normalized spacial score (nSPS) is 10.3. The minimum absolute atomic E-state index is 0.0317. The number of carbonyl (C=O) groups is 1. The molecule has 1 heterocycles. The Morgan fingerprint density at radius 2 is 2.31 bits per heavy atom. The molecule has 1 aromatic heterocycles. The smallest absolute Gasteiger partial charge is 0.325 e. The van der Waals surface area contributed by atoms with E-state index in [1.165, 1.54) is 19.4 Å². The van der Waals surface area contributed by atoms with Gasteiger partial charge in [0.05, 0.1) is 23.9 Å². The molecule has 2 aromatic rings. The summed E-state index contributed by atoms with van der Waals surface area (Å²) in [5.41, 5.74) is -0.143. The van der Waals surface area contributed by atoms with Gasteiger partial charge in [0.1, 0.15) is 0 Å². The Morgan fingerprint density at radius 3 is 2.88 bits per heavy atom. The van der Waals surface area contributed by atoms with Gasteiger partial charge in [0.15, 0.2) is 11.9 Å². The summed E-state index contributed by atoms with van der Waals surface area (Å²) in [6, 6.07) is 3.00. The van der Waals surface area contributed by atoms with Crippen LogP contribution < -0.4 is 4.74 Å². The molecule has 0 bridgehead atoms. The lowest BCUT2D eigenvalue weighted by Crippen LogP contribution is -1.98. The van der Waals surface area contributed by atoms with E-state index in [-0.39, 0.29) is 22.6 Å². The fraction of sp³-hybridized carbons (Fsp3) is 0.100. The van der Waals surface area contributed by atoms with Gasteiger partial charge in [-0.05, 0) is 12.1 Å². The SMILES string of the molecule is COc1c([N+](=O)[O-])c(C=O)cc2ccoc12. The number of rotatable bonds is 3. The third-order valence-electron chi connectivity index (χ3n) is 2.22. The van der Waals surface area contributed by atoms with Gasteiger partial charge in [0.2, 0.25) is 5.75 Å². The van der Waals surface area contributed by atoms with Crippen LogP contribution in [-0.4, -0.2) is 18.3 Å². The molecular weight excluding hydrogens is 214 g/mol. The molecule has 0 spiro atoms. The first-order valence-corrected chi connectivity index (χ1v) is 4.36. The van der Waals surface area contributed by atoms with Crippen LogP contribution in [0.3, 0.4) is 0 Å². The predicted octanol–water partition coefficient (Wildman–Crippen LogP) is 2.16. The third-order valence-corrected chi connectivity index (χ3v) is 2.22. The van der Waals surface area contributed by atoms with Crippen LogP contribution in [0, 0.1) is 10.1 Å². The molecule has 6 nitrogen and oxygen atoms in total. The lowest BCUT2D eigenvalue weighted by atomic mass is 10.1. The molecule has 0 radical (unpaired) electrons. The number of nitro groups is 1. The first-order valence-electron chi connectivity index (χ1n) is 4.36. The molecule has 0 N–H and O–H groups in total. The third kappa shape index (κ3) is 1.31. The lowest BCUT2D eigenvalue weighted by Gasteiger charge is -2.03. The van der Waals surface area contributed by atoms with E-state index in [4.69, 9.17) is 9.15 Å². The summed E-state index contributed by atoms with van der Waals surface area (Å²) in [6.45, 7) is 0. The molecule has 0 amide bonds. The number of nitro benzene ring substituents is 1. The summed E-state index contributed by atoms with van der Waals surface area (Å²) in [6.07, 6.45) is 1.80. The maximum atomic E-state index is 10.9. The van der Waals surface area contributed by atoms with Crippen LogP contribution in [0.1, 0.15) is 10.4 Å². The molecule has 0 aliphatic rings. The van der Waals surface area contributed by atoms with E-state index in [0.29, 0.717) is 11.7 Å². The van der Waals surface area contributed by atoms with Gasteiger partial charge in [-0.1, -0.05) is 0 Å². The fourth-order valence-corrected chi connectivity index (χ4v) is 1.56. The van der Waals surface area contributed by atoms with E-state index in [1.54, 1.807) is 6.07 Å². The fourth-order valence-electron chi connectivity index (χ4n) is 1.56. The van der Waals surface area contributed by atoms with Crippen LogP contribution in [0.4, 0.5) is 5.69 Å². The maximum Gasteiger partial charge on any atom is 0.325 e. The molecule has 0 aliphatic heterocycles. The van der Waals surface area contributed by atoms with E-state index < -0.39 is 4.92 Å². The Hall–Kier alpha value is -2.37. The summed E-state index contributed by atoms with van der Waals surface area (Å²) < 4.78 is 10.0. The average Bonchev–Trinajstić information content (AvgIpc) is 2.73. The zero-order chi connectivity index (χ0) is 11.7. The van der Waals surface area contributed by atoms with E-state index in [0.717, 1.165) is 0 Å². The van der Waals surface area contributed by atoms with Gasteiger partial charge in [-0.15, -0.1) is 0 Å². The van der Waals surface area contributed by atoms with Gasteiger partial charge >= 0.3 is 5.69 Å². The number of benzene rings is 1. The number of furan rings is 1. The number of nitrogens with zero attached hydrogens (tertiary/aromatic N) is 1. The van der Waals surface area contributed by atoms with Gasteiger partial charge in [0.25, 0.3) is 0 Å². The van der Waals surface area contributed by atoms with Crippen molar-refractivity contribution < 1.29 is 18.9 Å². The number of ether oxygens (including phenoxy) is 1. The highest BCUT2D eigenvalue weighted by Gasteiger charge is 2.25. The van der Waals surface area contributed by atoms with Crippen molar-refractivity contribution in [1.82, 2.24) is 0 Å². The van der Waals surface area contributed by atoms with Crippen molar-refractivity contribution in [3.05, 3.63) is 34.1 Å². The van der Waals surface area contributed by atoms with E-state index in [9.17, 15) is 14.9 Å². The highest BCUT2D eigenvalue weighted by molar-refractivity contribution is 5.96. The largest absolute Gasteiger partial charge is 0.488 e. The monoisotopic (exact) mass is 221 g/mol. The quantitative estimate of drug-likeness (QED) is 0.450. The first-order chi connectivity index (χ1) is 7.69. The average molecular weight is 221 g/mol. The molecular formula is C10H7NO5. The van der Waals surface area contributed by atoms with E-state index in [1.807, 2.05) is 0 Å². The molecule has 0 aliphatic carbocycles. The van der Waals surface area contributed by atoms with Crippen LogP contribution in [0.15, 0.2) is 22.8 Å². The van der Waals surface area contributed by atoms with Gasteiger partial charge in [-0.25, -0.2) is 0 Å². The second-order valence-corrected chi connectivity index (χ2v) is 3.06. The molecule has 2 rings (SSSR count). The second kappa shape index (κ2) is 3.65. The Bertz CT molecular complexity index is 572. The van der Waals surface area contributed by atoms with Crippen LogP contribution in [0.5, 0.6) is 5.75 Å². The second-order valence-electron chi connectivity index (χ2n) is 3.06. The van der Waals surface area contributed by atoms with Crippen molar-refractivity contribution in [2.45, 2.75) is 0 Å². The highest BCUT2D eigenvalue weighted by Crippen LogP contribution is 2.38. The lowest BCUT2D eigenvalue weighted by molar-refractivity contribution is -0.385. The summed E-state index contributed by atoms with van der Waals surface area (Å²) >= 11 is 0. The number of fused-ring (bicyclic) bond motifs is 1. The summed E-state index contributed by atoms with van der Waals surface area (Å²) in [7, 11) is 1.29. The number of carbonyl (C=O) groups excluding carboxylic acids is 1. The molecule has 0 saturated heterocycles. The predicted molar refractivity (Wildman–Crippen MR) is 54.8 cm³/mol. The van der Waals surface area contributed by atoms with Gasteiger partial charge in [-0.3, -0.25) is 14.9 Å². The van der Waals surface area contributed by atoms with Crippen LogP contribution in [0.2, 0.25) is 0 Å². The minimum Gasteiger partial charge on any atom is -0.488 e. The maximum absolute atomic E-state index is 10.9. The van der Waals surface area contributed by atoms with Crippen molar-refractivity contribution in [2.75, 3.05) is 7.11 Å². The molecule has 6 heteroatoms. The van der Waals surface area contributed by atoms with Crippen LogP contribution >= 0.6 is 0 Å². The minimum atomic E-state index is -0.662. The topological polar surface area (TPSA) is 82.6 Å². The van der Waals surface area contributed by atoms with Crippen LogP contribution in [0.25, 0.3) is 11.0 Å². The molecule has 0 atom stereocenters. The van der Waals surface area contributed by atoms with E-state index >= 15 is 0 Å². The first kappa shape index (κ1) is 10.2. The summed E-state index contributed by atoms with van der Waals surface area (Å²) in [5.74, 6) is -0.0328. The van der Waals surface area contributed by atoms with Gasteiger partial charge in [-0.2, -0.15) is 0 Å². The molecule has 16 heavy (non-hydrogen) atoms. The zero-order valence-corrected chi connectivity index (χ0v) is 8.30. The Labute approximate surface area is 89.6 Å². The Kier molecular flexibility index (Phi) is 2.32. The molecule has 1 aromatic carbocycles. The van der Waals surface area contributed by atoms with Crippen molar-refractivity contribution >= 4 is 22.9 Å². The molecule has 0 saturated carbocycles. The zero-order valence-electron chi connectivity index (χ0n) is 8.30. The van der Waals surface area contributed by atoms with Crippen molar-refractivity contribution in [1.29, 1.82) is 0 Å².